The average Bonchev–Trinajstić information content (AvgIpc) is 2.95. The van der Waals surface area contributed by atoms with Gasteiger partial charge in [0.05, 0.1) is 5.57 Å². The molecule has 0 saturated heterocycles. The summed E-state index contributed by atoms with van der Waals surface area (Å²) in [5, 5.41) is 10.9. The van der Waals surface area contributed by atoms with Crippen molar-refractivity contribution in [2.75, 3.05) is 6.54 Å². The molecule has 0 radical (unpaired) electrons. The number of hydrogen-bond acceptors (Lipinski definition) is 4. The lowest BCUT2D eigenvalue weighted by atomic mass is 9.89. The molecule has 30 heavy (non-hydrogen) atoms. The second-order valence-electron chi connectivity index (χ2n) is 7.41. The lowest BCUT2D eigenvalue weighted by Gasteiger charge is -2.17. The van der Waals surface area contributed by atoms with E-state index in [1.54, 1.807) is 6.07 Å². The van der Waals surface area contributed by atoms with Gasteiger partial charge in [-0.1, -0.05) is 6.92 Å². The molecular formula is C22H25F3N2O3. The number of ketones is 1. The van der Waals surface area contributed by atoms with Crippen molar-refractivity contribution in [3.8, 4) is 5.75 Å². The number of H-pyrrole nitrogens is 1. The summed E-state index contributed by atoms with van der Waals surface area (Å²) in [5.41, 5.74) is 3.39. The van der Waals surface area contributed by atoms with Crippen LogP contribution in [0.4, 0.5) is 13.2 Å². The molecule has 1 aliphatic rings. The highest BCUT2D eigenvalue weighted by Crippen LogP contribution is 2.30. The van der Waals surface area contributed by atoms with E-state index in [2.05, 4.69) is 14.7 Å². The molecule has 2 aromatic rings. The maximum Gasteiger partial charge on any atom is 0.573 e. The Balaban J connectivity index is 1.84. The number of aliphatic hydroxyl groups excluding tert-OH is 1. The number of rotatable bonds is 6. The first-order chi connectivity index (χ1) is 14.2. The highest BCUT2D eigenvalue weighted by molar-refractivity contribution is 6.24. The minimum absolute atomic E-state index is 0.0804. The van der Waals surface area contributed by atoms with E-state index in [-0.39, 0.29) is 17.3 Å². The predicted octanol–water partition coefficient (Wildman–Crippen LogP) is 5.72. The molecule has 1 aromatic heterocycles. The van der Waals surface area contributed by atoms with Gasteiger partial charge < -0.3 is 14.8 Å². The minimum Gasteiger partial charge on any atom is -0.511 e. The van der Waals surface area contributed by atoms with Crippen LogP contribution in [0.2, 0.25) is 0 Å². The zero-order valence-electron chi connectivity index (χ0n) is 17.0. The molecule has 0 aliphatic heterocycles. The molecule has 0 unspecified atom stereocenters. The molecule has 0 amide bonds. The lowest BCUT2D eigenvalue weighted by molar-refractivity contribution is -0.274. The van der Waals surface area contributed by atoms with Crippen LogP contribution >= 0.6 is 0 Å². The van der Waals surface area contributed by atoms with Crippen LogP contribution < -0.4 is 4.74 Å². The third-order valence-corrected chi connectivity index (χ3v) is 5.15. The van der Waals surface area contributed by atoms with Gasteiger partial charge in [-0.2, -0.15) is 0 Å². The summed E-state index contributed by atoms with van der Waals surface area (Å²) in [6.45, 7) is 4.15. The Kier molecular flexibility index (Phi) is 6.53. The van der Waals surface area contributed by atoms with Crippen molar-refractivity contribution >= 4 is 22.4 Å². The van der Waals surface area contributed by atoms with E-state index >= 15 is 0 Å². The Bertz CT molecular complexity index is 1000. The minimum atomic E-state index is -4.75. The molecule has 2 N–H and O–H groups in total. The highest BCUT2D eigenvalue weighted by Gasteiger charge is 2.31. The van der Waals surface area contributed by atoms with Crippen LogP contribution in [0.1, 0.15) is 50.3 Å². The van der Waals surface area contributed by atoms with Crippen molar-refractivity contribution in [1.29, 1.82) is 0 Å². The maximum absolute atomic E-state index is 12.5. The van der Waals surface area contributed by atoms with E-state index in [1.165, 1.54) is 12.1 Å². The summed E-state index contributed by atoms with van der Waals surface area (Å²) in [6.07, 6.45) is -1.36. The molecule has 1 saturated carbocycles. The summed E-state index contributed by atoms with van der Waals surface area (Å²) >= 11 is 0. The van der Waals surface area contributed by atoms with Crippen LogP contribution in [0.15, 0.2) is 34.5 Å². The highest BCUT2D eigenvalue weighted by atomic mass is 19.4. The van der Waals surface area contributed by atoms with E-state index in [9.17, 15) is 23.1 Å². The summed E-state index contributed by atoms with van der Waals surface area (Å²) in [5.74, 6) is -0.254. The monoisotopic (exact) mass is 422 g/mol. The Labute approximate surface area is 172 Å². The topological polar surface area (TPSA) is 74.7 Å². The number of carbonyl (C=O) groups excluding carboxylic acids is 1. The smallest absolute Gasteiger partial charge is 0.511 e. The van der Waals surface area contributed by atoms with E-state index in [0.717, 1.165) is 23.2 Å². The number of halogens is 3. The van der Waals surface area contributed by atoms with Gasteiger partial charge in [-0.25, -0.2) is 0 Å². The second kappa shape index (κ2) is 8.93. The van der Waals surface area contributed by atoms with Gasteiger partial charge in [-0.3, -0.25) is 9.79 Å². The molecule has 0 atom stereocenters. The van der Waals surface area contributed by atoms with E-state index in [1.807, 2.05) is 13.8 Å². The largest absolute Gasteiger partial charge is 0.573 e. The van der Waals surface area contributed by atoms with Crippen molar-refractivity contribution in [2.24, 2.45) is 4.99 Å². The number of carbonyl (C=O) groups is 1. The molecule has 1 heterocycles. The van der Waals surface area contributed by atoms with Gasteiger partial charge in [0.1, 0.15) is 11.5 Å². The molecule has 3 rings (SSSR count). The van der Waals surface area contributed by atoms with Crippen LogP contribution in [0.25, 0.3) is 10.9 Å². The standard InChI is InChI=1S/C22H25F3N2O3/c1-3-5-19(28)21-18(6-4-7-20(21)29)26-11-10-15-13(2)27-17-9-8-14(12-16(15)17)30-22(23,24)25/h8-9,12,27-28H,3-7,10-11H2,1-2H3. The number of aliphatic imine (C=N–C) groups is 1. The van der Waals surface area contributed by atoms with Gasteiger partial charge in [-0.15, -0.1) is 13.2 Å². The third-order valence-electron chi connectivity index (χ3n) is 5.15. The van der Waals surface area contributed by atoms with Crippen molar-refractivity contribution in [2.45, 2.75) is 58.7 Å². The molecule has 8 heteroatoms. The Morgan fingerprint density at radius 1 is 1.30 bits per heavy atom. The molecule has 0 bridgehead atoms. The fourth-order valence-electron chi connectivity index (χ4n) is 3.86. The van der Waals surface area contributed by atoms with E-state index in [4.69, 9.17) is 0 Å². The summed E-state index contributed by atoms with van der Waals surface area (Å²) in [7, 11) is 0. The zero-order valence-corrected chi connectivity index (χ0v) is 17.0. The Morgan fingerprint density at radius 3 is 2.77 bits per heavy atom. The number of hydrogen-bond donors (Lipinski definition) is 2. The van der Waals surface area contributed by atoms with E-state index < -0.39 is 6.36 Å². The number of ether oxygens (including phenoxy) is 1. The number of aryl methyl sites for hydroxylation is 1. The van der Waals surface area contributed by atoms with Crippen LogP contribution in [0.5, 0.6) is 5.75 Å². The second-order valence-corrected chi connectivity index (χ2v) is 7.41. The normalized spacial score (nSPS) is 18.3. The molecular weight excluding hydrogens is 397 g/mol. The van der Waals surface area contributed by atoms with Gasteiger partial charge in [-0.05, 0) is 56.4 Å². The van der Waals surface area contributed by atoms with Gasteiger partial charge >= 0.3 is 6.36 Å². The molecule has 162 valence electrons. The van der Waals surface area contributed by atoms with Crippen molar-refractivity contribution in [1.82, 2.24) is 4.98 Å². The summed E-state index contributed by atoms with van der Waals surface area (Å²) in [4.78, 5) is 20.0. The van der Waals surface area contributed by atoms with Gasteiger partial charge in [0.25, 0.3) is 0 Å². The number of alkyl halides is 3. The predicted molar refractivity (Wildman–Crippen MR) is 109 cm³/mol. The fraction of sp³-hybridized carbons (Fsp3) is 0.455. The number of allylic oxidation sites excluding steroid dienone is 2. The van der Waals surface area contributed by atoms with Crippen molar-refractivity contribution in [3.63, 3.8) is 0 Å². The third kappa shape index (κ3) is 5.04. The Hall–Kier alpha value is -2.77. The van der Waals surface area contributed by atoms with Gasteiger partial charge in [0.15, 0.2) is 5.78 Å². The number of nitrogens with one attached hydrogen (secondary N) is 1. The number of benzene rings is 1. The van der Waals surface area contributed by atoms with Crippen LogP contribution in [0.3, 0.4) is 0 Å². The molecule has 0 spiro atoms. The lowest BCUT2D eigenvalue weighted by Crippen LogP contribution is -2.21. The Morgan fingerprint density at radius 2 is 2.07 bits per heavy atom. The summed E-state index contributed by atoms with van der Waals surface area (Å²) < 4.78 is 41.7. The average molecular weight is 422 g/mol. The van der Waals surface area contributed by atoms with Gasteiger partial charge in [0.2, 0.25) is 0 Å². The molecule has 1 fully saturated rings. The maximum atomic E-state index is 12.5. The quantitative estimate of drug-likeness (QED) is 0.462. The first kappa shape index (κ1) is 21.9. The first-order valence-corrected chi connectivity index (χ1v) is 10.1. The number of aliphatic hydroxyl groups is 1. The summed E-state index contributed by atoms with van der Waals surface area (Å²) in [6, 6.07) is 4.20. The number of nitrogens with zero attached hydrogens (tertiary/aromatic N) is 1. The first-order valence-electron chi connectivity index (χ1n) is 10.1. The van der Waals surface area contributed by atoms with Crippen molar-refractivity contribution < 1.29 is 27.8 Å². The molecule has 5 nitrogen and oxygen atoms in total. The van der Waals surface area contributed by atoms with Gasteiger partial charge in [0, 0.05) is 41.7 Å². The molecule has 1 aliphatic carbocycles. The van der Waals surface area contributed by atoms with E-state index in [0.29, 0.717) is 55.3 Å². The number of fused-ring (bicyclic) bond motifs is 1. The molecule has 1 aromatic carbocycles. The van der Waals surface area contributed by atoms with Crippen LogP contribution in [0, 0.1) is 6.92 Å². The fourth-order valence-corrected chi connectivity index (χ4v) is 3.86. The van der Waals surface area contributed by atoms with Crippen molar-refractivity contribution in [3.05, 3.63) is 40.8 Å². The van der Waals surface area contributed by atoms with Crippen LogP contribution in [-0.2, 0) is 11.2 Å². The SMILES string of the molecule is CCCC(O)=C1C(=O)CCCC1=NCCc1c(C)[nH]c2ccc(OC(F)(F)F)cc12. The number of Topliss-reactive ketones (excluding diaryl/α,β-unsaturated/α-hetero) is 1. The zero-order chi connectivity index (χ0) is 21.9. The van der Waals surface area contributed by atoms with Crippen LogP contribution in [-0.4, -0.2) is 34.5 Å². The number of aromatic nitrogens is 1. The number of aromatic amines is 1.